The zero-order valence-corrected chi connectivity index (χ0v) is 20.1. The van der Waals surface area contributed by atoms with Gasteiger partial charge in [-0.3, -0.25) is 9.78 Å². The molecule has 2 aromatic heterocycles. The number of carbonyl (C=O) groups is 1. The number of amides is 1. The highest BCUT2D eigenvalue weighted by atomic mass is 32.1. The molecule has 0 spiro atoms. The molecule has 0 bridgehead atoms. The Morgan fingerprint density at radius 3 is 2.57 bits per heavy atom. The van der Waals surface area contributed by atoms with E-state index in [4.69, 9.17) is 4.74 Å². The number of ether oxygens (including phenoxy) is 1. The average molecular weight is 509 g/mol. The van der Waals surface area contributed by atoms with Gasteiger partial charge < -0.3 is 15.0 Å². The Hall–Kier alpha value is -3.05. The van der Waals surface area contributed by atoms with E-state index in [9.17, 15) is 22.4 Å². The number of thiazole rings is 1. The predicted molar refractivity (Wildman–Crippen MR) is 125 cm³/mol. The van der Waals surface area contributed by atoms with Crippen LogP contribution in [0.4, 0.5) is 22.7 Å². The van der Waals surface area contributed by atoms with E-state index in [1.54, 1.807) is 6.92 Å². The smallest absolute Gasteiger partial charge is 0.372 e. The van der Waals surface area contributed by atoms with E-state index in [0.717, 1.165) is 12.3 Å². The van der Waals surface area contributed by atoms with Crippen molar-refractivity contribution in [1.82, 2.24) is 15.3 Å². The maximum absolute atomic E-state index is 13.4. The Morgan fingerprint density at radius 1 is 1.20 bits per heavy atom. The zero-order valence-electron chi connectivity index (χ0n) is 19.3. The van der Waals surface area contributed by atoms with E-state index < -0.39 is 23.6 Å². The fraction of sp³-hybridized carbons (Fsp3) is 0.375. The minimum absolute atomic E-state index is 0.0133. The van der Waals surface area contributed by atoms with Crippen molar-refractivity contribution in [3.8, 4) is 10.4 Å². The monoisotopic (exact) mass is 508 g/mol. The van der Waals surface area contributed by atoms with Crippen LogP contribution in [0.15, 0.2) is 36.5 Å². The lowest BCUT2D eigenvalue weighted by molar-refractivity contribution is -0.141. The largest absolute Gasteiger partial charge is 0.433 e. The fourth-order valence-electron chi connectivity index (χ4n) is 4.02. The van der Waals surface area contributed by atoms with E-state index in [0.29, 0.717) is 45.5 Å². The van der Waals surface area contributed by atoms with Crippen molar-refractivity contribution in [2.75, 3.05) is 18.0 Å². The Balaban J connectivity index is 1.66. The van der Waals surface area contributed by atoms with Crippen molar-refractivity contribution < 1.29 is 27.1 Å². The molecule has 186 valence electrons. The van der Waals surface area contributed by atoms with E-state index in [-0.39, 0.29) is 18.8 Å². The molecule has 1 amide bonds. The molecule has 1 fully saturated rings. The van der Waals surface area contributed by atoms with Crippen molar-refractivity contribution in [2.24, 2.45) is 0 Å². The van der Waals surface area contributed by atoms with E-state index in [2.05, 4.69) is 15.3 Å². The lowest BCUT2D eigenvalue weighted by Gasteiger charge is -2.35. The van der Waals surface area contributed by atoms with Crippen LogP contribution in [-0.2, 0) is 17.5 Å². The number of hydrogen-bond acceptors (Lipinski definition) is 6. The molecular formula is C24H24F4N4O2S. The minimum Gasteiger partial charge on any atom is -0.372 e. The summed E-state index contributed by atoms with van der Waals surface area (Å²) in [5.41, 5.74) is 0.525. The fourth-order valence-corrected chi connectivity index (χ4v) is 5.12. The van der Waals surface area contributed by atoms with Crippen LogP contribution in [0.5, 0.6) is 0 Å². The molecule has 1 N–H and O–H groups in total. The molecule has 11 heteroatoms. The maximum atomic E-state index is 13.4. The summed E-state index contributed by atoms with van der Waals surface area (Å²) in [7, 11) is 0. The Morgan fingerprint density at radius 2 is 1.91 bits per heavy atom. The number of morpholine rings is 1. The highest BCUT2D eigenvalue weighted by Crippen LogP contribution is 2.38. The van der Waals surface area contributed by atoms with E-state index in [1.807, 2.05) is 18.7 Å². The molecule has 0 unspecified atom stereocenters. The number of nitrogens with zero attached hydrogens (tertiary/aromatic N) is 3. The average Bonchev–Trinajstić information content (AvgIpc) is 3.21. The molecular weight excluding hydrogens is 484 g/mol. The highest BCUT2D eigenvalue weighted by Gasteiger charge is 2.33. The van der Waals surface area contributed by atoms with E-state index in [1.165, 1.54) is 35.6 Å². The normalized spacial score (nSPS) is 18.5. The quantitative estimate of drug-likeness (QED) is 0.479. The second-order valence-corrected chi connectivity index (χ2v) is 9.48. The van der Waals surface area contributed by atoms with Crippen LogP contribution in [0.1, 0.15) is 41.2 Å². The molecule has 3 heterocycles. The Kier molecular flexibility index (Phi) is 7.09. The van der Waals surface area contributed by atoms with Gasteiger partial charge in [0.25, 0.3) is 5.91 Å². The van der Waals surface area contributed by atoms with Gasteiger partial charge in [0, 0.05) is 24.8 Å². The van der Waals surface area contributed by atoms with Gasteiger partial charge in [-0.2, -0.15) is 13.2 Å². The number of benzene rings is 1. The van der Waals surface area contributed by atoms with Crippen molar-refractivity contribution in [3.05, 3.63) is 64.9 Å². The molecule has 1 aromatic carbocycles. The van der Waals surface area contributed by atoms with E-state index >= 15 is 0 Å². The third-order valence-electron chi connectivity index (χ3n) is 5.54. The Labute approximate surface area is 204 Å². The SMILES string of the molecule is Cc1cc(F)ccc1C(=O)NCc1nc(N2C[C@@H](C)O[C@@H](C)C2)sc1-c1ccnc(C(F)(F)F)c1. The number of aryl methyl sites for hydroxylation is 1. The first-order chi connectivity index (χ1) is 16.5. The summed E-state index contributed by atoms with van der Waals surface area (Å²) < 4.78 is 59.1. The van der Waals surface area contributed by atoms with Gasteiger partial charge in [0.2, 0.25) is 0 Å². The predicted octanol–water partition coefficient (Wildman–Crippen LogP) is 5.22. The van der Waals surface area contributed by atoms with Gasteiger partial charge in [-0.1, -0.05) is 11.3 Å². The van der Waals surface area contributed by atoms with Crippen LogP contribution in [0.2, 0.25) is 0 Å². The number of alkyl halides is 3. The zero-order chi connectivity index (χ0) is 25.3. The van der Waals surface area contributed by atoms with Gasteiger partial charge in [0.15, 0.2) is 5.13 Å². The van der Waals surface area contributed by atoms with Crippen molar-refractivity contribution in [2.45, 2.75) is 45.7 Å². The molecule has 2 atom stereocenters. The van der Waals surface area contributed by atoms with Crippen molar-refractivity contribution >= 4 is 22.4 Å². The first-order valence-corrected chi connectivity index (χ1v) is 11.8. The molecule has 0 aliphatic carbocycles. The van der Waals surface area contributed by atoms with Crippen LogP contribution in [-0.4, -0.2) is 41.2 Å². The number of rotatable bonds is 5. The summed E-state index contributed by atoms with van der Waals surface area (Å²) in [6, 6.07) is 6.33. The number of hydrogen-bond donors (Lipinski definition) is 1. The number of pyridine rings is 1. The van der Waals surface area contributed by atoms with Crippen LogP contribution in [0.25, 0.3) is 10.4 Å². The van der Waals surface area contributed by atoms with Gasteiger partial charge in [-0.25, -0.2) is 9.37 Å². The van der Waals surface area contributed by atoms with Gasteiger partial charge in [-0.05, 0) is 62.2 Å². The van der Waals surface area contributed by atoms with Crippen molar-refractivity contribution in [3.63, 3.8) is 0 Å². The number of anilines is 1. The molecule has 0 radical (unpaired) electrons. The Bertz CT molecular complexity index is 1220. The third-order valence-corrected chi connectivity index (χ3v) is 6.75. The van der Waals surface area contributed by atoms with Crippen LogP contribution >= 0.6 is 11.3 Å². The number of aromatic nitrogens is 2. The van der Waals surface area contributed by atoms with Gasteiger partial charge in [0.1, 0.15) is 11.5 Å². The number of halogens is 4. The lowest BCUT2D eigenvalue weighted by atomic mass is 10.1. The molecule has 1 saturated heterocycles. The van der Waals surface area contributed by atoms with Gasteiger partial charge >= 0.3 is 6.18 Å². The van der Waals surface area contributed by atoms with Crippen molar-refractivity contribution in [1.29, 1.82) is 0 Å². The lowest BCUT2D eigenvalue weighted by Crippen LogP contribution is -2.45. The topological polar surface area (TPSA) is 67.4 Å². The number of carbonyl (C=O) groups excluding carboxylic acids is 1. The molecule has 1 aliphatic rings. The first-order valence-electron chi connectivity index (χ1n) is 11.0. The summed E-state index contributed by atoms with van der Waals surface area (Å²) in [5.74, 6) is -0.875. The molecule has 0 saturated carbocycles. The standard InChI is InChI=1S/C24H24F4N4O2S/c1-13-8-17(25)4-5-18(13)22(33)30-10-19-21(16-6-7-29-20(9-16)24(26,27)28)35-23(31-19)32-11-14(2)34-15(3)12-32/h4-9,14-15H,10-12H2,1-3H3,(H,30,33)/t14-,15+. The van der Waals surface area contributed by atoms with Gasteiger partial charge in [-0.15, -0.1) is 0 Å². The third kappa shape index (κ3) is 5.79. The summed E-state index contributed by atoms with van der Waals surface area (Å²) in [5, 5.41) is 3.40. The molecule has 1 aliphatic heterocycles. The molecule has 4 rings (SSSR count). The van der Waals surface area contributed by atoms with Gasteiger partial charge in [0.05, 0.1) is 29.3 Å². The molecule has 35 heavy (non-hydrogen) atoms. The summed E-state index contributed by atoms with van der Waals surface area (Å²) in [4.78, 5) is 23.4. The van der Waals surface area contributed by atoms with Crippen LogP contribution < -0.4 is 10.2 Å². The minimum atomic E-state index is -4.59. The van der Waals surface area contributed by atoms with Crippen LogP contribution in [0, 0.1) is 12.7 Å². The first kappa shape index (κ1) is 25.1. The summed E-state index contributed by atoms with van der Waals surface area (Å²) in [6.45, 7) is 6.68. The summed E-state index contributed by atoms with van der Waals surface area (Å²) >= 11 is 1.26. The maximum Gasteiger partial charge on any atom is 0.433 e. The highest BCUT2D eigenvalue weighted by molar-refractivity contribution is 7.19. The molecule has 3 aromatic rings. The molecule has 6 nitrogen and oxygen atoms in total. The second-order valence-electron chi connectivity index (χ2n) is 8.50. The van der Waals surface area contributed by atoms with Crippen LogP contribution in [0.3, 0.4) is 0 Å². The number of nitrogens with one attached hydrogen (secondary N) is 1. The summed E-state index contributed by atoms with van der Waals surface area (Å²) in [6.07, 6.45) is -3.55. The second kappa shape index (κ2) is 9.90.